The summed E-state index contributed by atoms with van der Waals surface area (Å²) in [7, 11) is 2.12. The zero-order chi connectivity index (χ0) is 13.0. The maximum Gasteiger partial charge on any atom is 0.151 e. The third kappa shape index (κ3) is 3.01. The van der Waals surface area contributed by atoms with Crippen LogP contribution < -0.4 is 4.90 Å². The number of anilines is 1. The monoisotopic (exact) mass is 243 g/mol. The highest BCUT2D eigenvalue weighted by Gasteiger charge is 2.23. The maximum absolute atomic E-state index is 4.26. The predicted octanol–water partition coefficient (Wildman–Crippen LogP) is 2.80. The lowest BCUT2D eigenvalue weighted by molar-refractivity contribution is 0.373. The third-order valence-electron chi connectivity index (χ3n) is 3.74. The van der Waals surface area contributed by atoms with Crippen LogP contribution in [0.3, 0.4) is 0 Å². The summed E-state index contributed by atoms with van der Waals surface area (Å²) in [5.41, 5.74) is 0.967. The minimum absolute atomic E-state index is 0.580. The van der Waals surface area contributed by atoms with Gasteiger partial charge >= 0.3 is 0 Å². The molecule has 1 aromatic heterocycles. The Morgan fingerprint density at radius 1 is 1.17 bits per heavy atom. The summed E-state index contributed by atoms with van der Waals surface area (Å²) in [6, 6.07) is 4.66. The van der Waals surface area contributed by atoms with Crippen LogP contribution in [-0.2, 0) is 0 Å². The van der Waals surface area contributed by atoms with E-state index in [0.29, 0.717) is 12.0 Å². The largest absolute Gasteiger partial charge is 0.355 e. The topological polar surface area (TPSA) is 29.0 Å². The molecule has 0 spiro atoms. The minimum Gasteiger partial charge on any atom is -0.355 e. The van der Waals surface area contributed by atoms with Gasteiger partial charge in [-0.25, -0.2) is 0 Å². The van der Waals surface area contributed by atoms with E-state index in [1.54, 1.807) is 0 Å². The Morgan fingerprint density at radius 3 is 2.44 bits per heavy atom. The quantitative estimate of drug-likeness (QED) is 0.748. The second kappa shape index (κ2) is 5.86. The van der Waals surface area contributed by atoms with Crippen molar-refractivity contribution in [3.8, 4) is 11.8 Å². The van der Waals surface area contributed by atoms with Crippen molar-refractivity contribution in [1.29, 1.82) is 0 Å². The number of nitrogens with zero attached hydrogens (tertiary/aromatic N) is 3. The molecule has 0 saturated heterocycles. The van der Waals surface area contributed by atoms with Crippen LogP contribution in [0.2, 0.25) is 0 Å². The van der Waals surface area contributed by atoms with Crippen LogP contribution in [0.5, 0.6) is 0 Å². The molecule has 1 aromatic rings. The van der Waals surface area contributed by atoms with Gasteiger partial charge in [-0.05, 0) is 51.7 Å². The summed E-state index contributed by atoms with van der Waals surface area (Å²) in [5.74, 6) is 7.91. The van der Waals surface area contributed by atoms with Crippen molar-refractivity contribution in [3.63, 3.8) is 0 Å². The van der Waals surface area contributed by atoms with Crippen molar-refractivity contribution in [2.24, 2.45) is 5.92 Å². The molecule has 0 aliphatic heterocycles. The van der Waals surface area contributed by atoms with Crippen LogP contribution >= 0.6 is 0 Å². The lowest BCUT2D eigenvalue weighted by Gasteiger charge is -2.33. The van der Waals surface area contributed by atoms with Crippen LogP contribution in [0.25, 0.3) is 0 Å². The van der Waals surface area contributed by atoms with Crippen molar-refractivity contribution < 1.29 is 0 Å². The first-order valence-electron chi connectivity index (χ1n) is 6.66. The number of aryl methyl sites for hydroxylation is 1. The molecule has 1 heterocycles. The van der Waals surface area contributed by atoms with Gasteiger partial charge in [0.15, 0.2) is 5.82 Å². The number of aromatic nitrogens is 2. The molecule has 96 valence electrons. The molecular formula is C15H21N3. The van der Waals surface area contributed by atoms with E-state index in [1.165, 1.54) is 25.7 Å². The molecule has 2 rings (SSSR count). The normalized spacial score (nSPS) is 23.1. The Morgan fingerprint density at radius 2 is 1.89 bits per heavy atom. The van der Waals surface area contributed by atoms with Crippen LogP contribution in [0.4, 0.5) is 5.82 Å². The van der Waals surface area contributed by atoms with Gasteiger partial charge in [0.1, 0.15) is 0 Å². The van der Waals surface area contributed by atoms with E-state index >= 15 is 0 Å². The highest BCUT2D eigenvalue weighted by atomic mass is 15.3. The summed E-state index contributed by atoms with van der Waals surface area (Å²) in [6.45, 7) is 3.89. The standard InChI is InChI=1S/C15H21N3/c1-4-5-13-7-9-14(10-8-13)18(3)15-11-6-12(2)16-17-15/h6,11,13-14H,7-10H2,1-3H3. The van der Waals surface area contributed by atoms with Crippen LogP contribution in [0.15, 0.2) is 12.1 Å². The van der Waals surface area contributed by atoms with Crippen LogP contribution in [0.1, 0.15) is 38.3 Å². The van der Waals surface area contributed by atoms with Crippen molar-refractivity contribution in [3.05, 3.63) is 17.8 Å². The van der Waals surface area contributed by atoms with E-state index in [2.05, 4.69) is 40.1 Å². The Balaban J connectivity index is 1.96. The van der Waals surface area contributed by atoms with Gasteiger partial charge in [-0.1, -0.05) is 0 Å². The third-order valence-corrected chi connectivity index (χ3v) is 3.74. The van der Waals surface area contributed by atoms with Gasteiger partial charge in [0.05, 0.1) is 5.69 Å². The van der Waals surface area contributed by atoms with E-state index in [-0.39, 0.29) is 0 Å². The van der Waals surface area contributed by atoms with Gasteiger partial charge in [-0.3, -0.25) is 0 Å². The van der Waals surface area contributed by atoms with E-state index < -0.39 is 0 Å². The molecule has 18 heavy (non-hydrogen) atoms. The van der Waals surface area contributed by atoms with Gasteiger partial charge < -0.3 is 4.90 Å². The molecule has 1 fully saturated rings. The van der Waals surface area contributed by atoms with E-state index in [0.717, 1.165) is 11.5 Å². The maximum atomic E-state index is 4.26. The van der Waals surface area contributed by atoms with E-state index in [4.69, 9.17) is 0 Å². The first-order valence-corrected chi connectivity index (χ1v) is 6.66. The molecule has 3 nitrogen and oxygen atoms in total. The van der Waals surface area contributed by atoms with Crippen molar-refractivity contribution >= 4 is 5.82 Å². The van der Waals surface area contributed by atoms with Gasteiger partial charge in [-0.15, -0.1) is 16.9 Å². The fraction of sp³-hybridized carbons (Fsp3) is 0.600. The van der Waals surface area contributed by atoms with Crippen molar-refractivity contribution in [2.75, 3.05) is 11.9 Å². The number of hydrogen-bond donors (Lipinski definition) is 0. The first-order chi connectivity index (χ1) is 8.70. The summed E-state index contributed by atoms with van der Waals surface area (Å²) >= 11 is 0. The molecule has 0 amide bonds. The number of hydrogen-bond acceptors (Lipinski definition) is 3. The fourth-order valence-electron chi connectivity index (χ4n) is 2.58. The Kier molecular flexibility index (Phi) is 4.19. The Hall–Kier alpha value is -1.56. The predicted molar refractivity (Wildman–Crippen MR) is 74.4 cm³/mol. The Bertz CT molecular complexity index is 433. The zero-order valence-corrected chi connectivity index (χ0v) is 11.5. The lowest BCUT2D eigenvalue weighted by Crippen LogP contribution is -2.35. The summed E-state index contributed by atoms with van der Waals surface area (Å²) in [6.07, 6.45) is 4.81. The van der Waals surface area contributed by atoms with Gasteiger partial charge in [-0.2, -0.15) is 5.10 Å². The SMILES string of the molecule is CC#CC1CCC(N(C)c2ccc(C)nn2)CC1. The molecule has 1 aliphatic carbocycles. The second-order valence-electron chi connectivity index (χ2n) is 5.04. The molecule has 3 heteroatoms. The fourth-order valence-corrected chi connectivity index (χ4v) is 2.58. The highest BCUT2D eigenvalue weighted by molar-refractivity contribution is 5.37. The molecule has 0 bridgehead atoms. The summed E-state index contributed by atoms with van der Waals surface area (Å²) in [4.78, 5) is 2.27. The van der Waals surface area contributed by atoms with Gasteiger partial charge in [0, 0.05) is 19.0 Å². The van der Waals surface area contributed by atoms with Gasteiger partial charge in [0.25, 0.3) is 0 Å². The smallest absolute Gasteiger partial charge is 0.151 e. The molecular weight excluding hydrogens is 222 g/mol. The second-order valence-corrected chi connectivity index (χ2v) is 5.04. The van der Waals surface area contributed by atoms with Crippen LogP contribution in [0, 0.1) is 24.7 Å². The van der Waals surface area contributed by atoms with Crippen molar-refractivity contribution in [1.82, 2.24) is 10.2 Å². The molecule has 1 aliphatic rings. The zero-order valence-electron chi connectivity index (χ0n) is 11.5. The van der Waals surface area contributed by atoms with Crippen molar-refractivity contribution in [2.45, 2.75) is 45.6 Å². The first kappa shape index (κ1) is 12.9. The van der Waals surface area contributed by atoms with Gasteiger partial charge in [0.2, 0.25) is 0 Å². The Labute approximate surface area is 110 Å². The molecule has 0 radical (unpaired) electrons. The average molecular weight is 243 g/mol. The molecule has 0 atom stereocenters. The molecule has 0 aromatic carbocycles. The average Bonchev–Trinajstić information content (AvgIpc) is 2.40. The summed E-state index contributed by atoms with van der Waals surface area (Å²) < 4.78 is 0. The summed E-state index contributed by atoms with van der Waals surface area (Å²) in [5, 5.41) is 8.38. The van der Waals surface area contributed by atoms with E-state index in [1.807, 2.05) is 19.9 Å². The minimum atomic E-state index is 0.580. The van der Waals surface area contributed by atoms with Crippen LogP contribution in [-0.4, -0.2) is 23.3 Å². The molecule has 1 saturated carbocycles. The molecule has 0 unspecified atom stereocenters. The van der Waals surface area contributed by atoms with E-state index in [9.17, 15) is 0 Å². The highest BCUT2D eigenvalue weighted by Crippen LogP contribution is 2.28. The lowest BCUT2D eigenvalue weighted by atomic mass is 9.86. The number of rotatable bonds is 2. The molecule has 0 N–H and O–H groups in total.